The zero-order valence-electron chi connectivity index (χ0n) is 10.3. The fraction of sp³-hybridized carbons (Fsp3) is 0.800. The maximum absolute atomic E-state index is 11.9. The molecular formula is C10H20O4Si. The van der Waals surface area contributed by atoms with Gasteiger partial charge < -0.3 is 8.85 Å². The Morgan fingerprint density at radius 3 is 1.73 bits per heavy atom. The van der Waals surface area contributed by atoms with Crippen molar-refractivity contribution < 1.29 is 18.4 Å². The van der Waals surface area contributed by atoms with Crippen molar-refractivity contribution in [3.05, 3.63) is 0 Å². The molecule has 0 aliphatic rings. The van der Waals surface area contributed by atoms with E-state index >= 15 is 0 Å². The highest BCUT2D eigenvalue weighted by molar-refractivity contribution is 6.75. The second-order valence-corrected chi connectivity index (χ2v) is 7.45. The monoisotopic (exact) mass is 232 g/mol. The molecule has 15 heavy (non-hydrogen) atoms. The van der Waals surface area contributed by atoms with E-state index in [1.54, 1.807) is 20.4 Å². The molecule has 0 radical (unpaired) electrons. The molecule has 0 amide bonds. The molecule has 0 saturated carbocycles. The summed E-state index contributed by atoms with van der Waals surface area (Å²) in [6.07, 6.45) is 0. The van der Waals surface area contributed by atoms with Crippen LogP contribution in [0.15, 0.2) is 0 Å². The fourth-order valence-electron chi connectivity index (χ4n) is 1.48. The lowest BCUT2D eigenvalue weighted by Gasteiger charge is -2.30. The van der Waals surface area contributed by atoms with Crippen LogP contribution >= 0.6 is 0 Å². The van der Waals surface area contributed by atoms with E-state index in [1.165, 1.54) is 21.1 Å². The van der Waals surface area contributed by atoms with Gasteiger partial charge in [-0.2, -0.15) is 0 Å². The highest BCUT2D eigenvalue weighted by Crippen LogP contribution is 2.28. The van der Waals surface area contributed by atoms with Gasteiger partial charge in [-0.3, -0.25) is 9.59 Å². The van der Waals surface area contributed by atoms with Gasteiger partial charge in [-0.05, 0) is 13.5 Å². The lowest BCUT2D eigenvalue weighted by Crippen LogP contribution is -2.49. The molecule has 0 spiro atoms. The second-order valence-electron chi connectivity index (χ2n) is 4.02. The van der Waals surface area contributed by atoms with E-state index in [1.807, 2.05) is 0 Å². The van der Waals surface area contributed by atoms with Gasteiger partial charge in [0.05, 0.1) is 0 Å². The molecule has 0 saturated heterocycles. The second kappa shape index (κ2) is 5.53. The van der Waals surface area contributed by atoms with Gasteiger partial charge in [-0.1, -0.05) is 13.8 Å². The lowest BCUT2D eigenvalue weighted by molar-refractivity contribution is -0.128. The summed E-state index contributed by atoms with van der Waals surface area (Å²) in [5.41, 5.74) is -0.729. The highest BCUT2D eigenvalue weighted by Gasteiger charge is 2.47. The minimum absolute atomic E-state index is 0.0969. The smallest absolute Gasteiger partial charge is 0.352 e. The van der Waals surface area contributed by atoms with Crippen LogP contribution in [-0.2, 0) is 18.4 Å². The first kappa shape index (κ1) is 14.5. The van der Waals surface area contributed by atoms with Crippen molar-refractivity contribution in [2.24, 2.45) is 5.92 Å². The van der Waals surface area contributed by atoms with Crippen LogP contribution in [0.5, 0.6) is 0 Å². The molecule has 0 aliphatic heterocycles. The number of rotatable bonds is 6. The van der Waals surface area contributed by atoms with E-state index in [2.05, 4.69) is 0 Å². The first-order valence-corrected chi connectivity index (χ1v) is 7.34. The van der Waals surface area contributed by atoms with Crippen LogP contribution < -0.4 is 0 Å². The Hall–Kier alpha value is -0.523. The average Bonchev–Trinajstić information content (AvgIpc) is 2.16. The Balaban J connectivity index is 5.13. The Morgan fingerprint density at radius 1 is 1.13 bits per heavy atom. The van der Waals surface area contributed by atoms with Crippen molar-refractivity contribution in [2.45, 2.75) is 32.9 Å². The number of ketones is 2. The summed E-state index contributed by atoms with van der Waals surface area (Å²) in [5.74, 6) is -0.456. The molecule has 0 heterocycles. The maximum atomic E-state index is 11.9. The molecule has 0 aromatic carbocycles. The van der Waals surface area contributed by atoms with Crippen molar-refractivity contribution in [1.82, 2.24) is 0 Å². The van der Waals surface area contributed by atoms with Gasteiger partial charge in [0.25, 0.3) is 0 Å². The summed E-state index contributed by atoms with van der Waals surface area (Å²) in [5, 5.41) is 0. The van der Waals surface area contributed by atoms with Crippen LogP contribution in [0.3, 0.4) is 0 Å². The standard InChI is InChI=1S/C10H20O4Si/c1-7(2)9(12)10(8(3)11)15(6,13-4)14-5/h7,10H,1-6H3. The Kier molecular flexibility index (Phi) is 5.34. The maximum Gasteiger partial charge on any atom is 0.352 e. The molecule has 5 heteroatoms. The lowest BCUT2D eigenvalue weighted by atomic mass is 10.0. The van der Waals surface area contributed by atoms with Crippen molar-refractivity contribution in [2.75, 3.05) is 14.2 Å². The third kappa shape index (κ3) is 3.22. The van der Waals surface area contributed by atoms with E-state index in [4.69, 9.17) is 8.85 Å². The summed E-state index contributed by atoms with van der Waals surface area (Å²) in [6.45, 7) is 6.70. The van der Waals surface area contributed by atoms with Gasteiger partial charge in [0.15, 0.2) is 0 Å². The van der Waals surface area contributed by atoms with E-state index in [9.17, 15) is 9.59 Å². The normalized spacial score (nSPS) is 14.1. The molecule has 0 aromatic rings. The van der Waals surface area contributed by atoms with Crippen molar-refractivity contribution in [3.63, 3.8) is 0 Å². The average molecular weight is 232 g/mol. The van der Waals surface area contributed by atoms with Gasteiger partial charge in [-0.15, -0.1) is 0 Å². The van der Waals surface area contributed by atoms with Gasteiger partial charge in [-0.25, -0.2) is 0 Å². The molecule has 0 aromatic heterocycles. The largest absolute Gasteiger partial charge is 0.397 e. The van der Waals surface area contributed by atoms with Crippen LogP contribution in [0.25, 0.3) is 0 Å². The predicted octanol–water partition coefficient (Wildman–Crippen LogP) is 1.54. The quantitative estimate of drug-likeness (QED) is 0.515. The molecule has 0 fully saturated rings. The number of carbonyl (C=O) groups excluding carboxylic acids is 2. The molecule has 1 atom stereocenters. The van der Waals surface area contributed by atoms with Crippen LogP contribution in [0.4, 0.5) is 0 Å². The first-order valence-electron chi connectivity index (χ1n) is 4.94. The van der Waals surface area contributed by atoms with E-state index in [0.29, 0.717) is 0 Å². The van der Waals surface area contributed by atoms with E-state index < -0.39 is 14.1 Å². The van der Waals surface area contributed by atoms with Crippen LogP contribution in [0.2, 0.25) is 12.1 Å². The number of Topliss-reactive ketones (excluding diaryl/α,β-unsaturated/α-hetero) is 2. The molecule has 0 rings (SSSR count). The third-order valence-electron chi connectivity index (χ3n) is 2.60. The predicted molar refractivity (Wildman–Crippen MR) is 59.9 cm³/mol. The van der Waals surface area contributed by atoms with Gasteiger partial charge >= 0.3 is 8.56 Å². The molecule has 4 nitrogen and oxygen atoms in total. The number of hydrogen-bond acceptors (Lipinski definition) is 4. The summed E-state index contributed by atoms with van der Waals surface area (Å²) in [7, 11) is 0.256. The van der Waals surface area contributed by atoms with Crippen LogP contribution in [-0.4, -0.2) is 34.3 Å². The Labute approximate surface area is 92.2 Å². The van der Waals surface area contributed by atoms with Crippen LogP contribution in [0.1, 0.15) is 20.8 Å². The zero-order valence-corrected chi connectivity index (χ0v) is 11.3. The molecule has 88 valence electrons. The fourth-order valence-corrected chi connectivity index (χ4v) is 3.71. The summed E-state index contributed by atoms with van der Waals surface area (Å²) in [6, 6.07) is 0. The van der Waals surface area contributed by atoms with Gasteiger partial charge in [0.1, 0.15) is 17.1 Å². The van der Waals surface area contributed by atoms with Crippen molar-refractivity contribution in [3.8, 4) is 0 Å². The summed E-state index contributed by atoms with van der Waals surface area (Å²) in [4.78, 5) is 23.4. The molecule has 0 bridgehead atoms. The van der Waals surface area contributed by atoms with Gasteiger partial charge in [0.2, 0.25) is 0 Å². The summed E-state index contributed by atoms with van der Waals surface area (Å²) >= 11 is 0. The number of carbonyl (C=O) groups is 2. The van der Waals surface area contributed by atoms with Gasteiger partial charge in [0, 0.05) is 20.1 Å². The summed E-state index contributed by atoms with van der Waals surface area (Å²) < 4.78 is 10.5. The van der Waals surface area contributed by atoms with Crippen molar-refractivity contribution >= 4 is 20.1 Å². The highest BCUT2D eigenvalue weighted by atomic mass is 28.4. The molecule has 0 aliphatic carbocycles. The minimum atomic E-state index is -2.71. The molecule has 0 N–H and O–H groups in total. The van der Waals surface area contributed by atoms with E-state index in [-0.39, 0.29) is 17.5 Å². The van der Waals surface area contributed by atoms with E-state index in [0.717, 1.165) is 0 Å². The Bertz CT molecular complexity index is 246. The van der Waals surface area contributed by atoms with Crippen LogP contribution in [0, 0.1) is 5.92 Å². The SMILES string of the molecule is CO[Si](C)(OC)C(C(C)=O)C(=O)C(C)C. The Morgan fingerprint density at radius 2 is 1.53 bits per heavy atom. The topological polar surface area (TPSA) is 52.6 Å². The first-order chi connectivity index (χ1) is 6.80. The molecule has 1 unspecified atom stereocenters. The van der Waals surface area contributed by atoms with Crippen molar-refractivity contribution in [1.29, 1.82) is 0 Å². The molecular weight excluding hydrogens is 212 g/mol. The third-order valence-corrected chi connectivity index (χ3v) is 5.96. The minimum Gasteiger partial charge on any atom is -0.397 e. The zero-order chi connectivity index (χ0) is 12.2. The number of hydrogen-bond donors (Lipinski definition) is 0.